The molecule has 1 aliphatic rings. The third-order valence-electron chi connectivity index (χ3n) is 2.94. The zero-order valence-corrected chi connectivity index (χ0v) is 10.8. The zero-order chi connectivity index (χ0) is 12.0. The van der Waals surface area contributed by atoms with Crippen LogP contribution in [0.4, 0.5) is 0 Å². The predicted octanol–water partition coefficient (Wildman–Crippen LogP) is 2.77. The minimum atomic E-state index is 0.182. The first-order valence-corrected chi connectivity index (χ1v) is 6.23. The topological polar surface area (TPSA) is 43.6 Å². The molecule has 0 fully saturated rings. The number of rotatable bonds is 1. The summed E-state index contributed by atoms with van der Waals surface area (Å²) in [5.41, 5.74) is 3.81. The van der Waals surface area contributed by atoms with Crippen molar-refractivity contribution in [2.45, 2.75) is 26.3 Å². The maximum absolute atomic E-state index is 6.09. The van der Waals surface area contributed by atoms with Crippen molar-refractivity contribution < 1.29 is 0 Å². The first kappa shape index (κ1) is 11.0. The number of hydrogen-bond acceptors (Lipinski definition) is 3. The molecule has 0 radical (unpaired) electrons. The van der Waals surface area contributed by atoms with Crippen LogP contribution in [0, 0.1) is 0 Å². The minimum Gasteiger partial charge on any atom is -0.263 e. The Bertz CT molecular complexity index is 591. The van der Waals surface area contributed by atoms with Crippen LogP contribution in [-0.2, 0) is 19.4 Å². The van der Waals surface area contributed by atoms with E-state index in [-0.39, 0.29) is 5.28 Å². The predicted molar refractivity (Wildman–Crippen MR) is 66.4 cm³/mol. The SMILES string of the molecule is CCc1cc2n(n1)CCc1c(Cl)nc(Cl)nc1-2. The number of nitrogens with zero attached hydrogens (tertiary/aromatic N) is 4. The normalized spacial score (nSPS) is 13.4. The largest absolute Gasteiger partial charge is 0.263 e. The van der Waals surface area contributed by atoms with Crippen LogP contribution in [0.25, 0.3) is 11.4 Å². The minimum absolute atomic E-state index is 0.182. The van der Waals surface area contributed by atoms with Crippen LogP contribution >= 0.6 is 23.2 Å². The summed E-state index contributed by atoms with van der Waals surface area (Å²) in [5, 5.41) is 5.13. The van der Waals surface area contributed by atoms with Crippen LogP contribution in [0.15, 0.2) is 6.07 Å². The molecule has 0 unspecified atom stereocenters. The van der Waals surface area contributed by atoms with E-state index in [1.54, 1.807) is 0 Å². The molecule has 0 atom stereocenters. The van der Waals surface area contributed by atoms with Gasteiger partial charge in [0.1, 0.15) is 5.15 Å². The van der Waals surface area contributed by atoms with Crippen molar-refractivity contribution in [3.63, 3.8) is 0 Å². The molecule has 0 saturated carbocycles. The van der Waals surface area contributed by atoms with Gasteiger partial charge in [0.25, 0.3) is 0 Å². The van der Waals surface area contributed by atoms with Gasteiger partial charge in [-0.25, -0.2) is 9.97 Å². The smallest absolute Gasteiger partial charge is 0.224 e. The molecule has 17 heavy (non-hydrogen) atoms. The Balaban J connectivity index is 2.24. The van der Waals surface area contributed by atoms with E-state index in [1.165, 1.54) is 0 Å². The second-order valence-corrected chi connectivity index (χ2v) is 4.65. The third kappa shape index (κ3) is 1.72. The molecule has 0 bridgehead atoms. The first-order chi connectivity index (χ1) is 8.19. The molecular weight excluding hydrogens is 259 g/mol. The molecule has 0 aliphatic carbocycles. The van der Waals surface area contributed by atoms with Gasteiger partial charge in [0.15, 0.2) is 0 Å². The Morgan fingerprint density at radius 3 is 2.94 bits per heavy atom. The summed E-state index contributed by atoms with van der Waals surface area (Å²) >= 11 is 11.9. The van der Waals surface area contributed by atoms with Crippen LogP contribution < -0.4 is 0 Å². The van der Waals surface area contributed by atoms with E-state index in [0.717, 1.165) is 42.0 Å². The van der Waals surface area contributed by atoms with Crippen LogP contribution in [0.2, 0.25) is 10.4 Å². The lowest BCUT2D eigenvalue weighted by molar-refractivity contribution is 0.595. The van der Waals surface area contributed by atoms with Gasteiger partial charge in [-0.15, -0.1) is 0 Å². The summed E-state index contributed by atoms with van der Waals surface area (Å²) in [7, 11) is 0. The van der Waals surface area contributed by atoms with Crippen molar-refractivity contribution in [3.8, 4) is 11.4 Å². The van der Waals surface area contributed by atoms with E-state index in [2.05, 4.69) is 22.0 Å². The average Bonchev–Trinajstić information content (AvgIpc) is 2.72. The summed E-state index contributed by atoms with van der Waals surface area (Å²) in [6.45, 7) is 2.89. The molecule has 0 amide bonds. The Morgan fingerprint density at radius 1 is 1.35 bits per heavy atom. The van der Waals surface area contributed by atoms with Gasteiger partial charge in [0.2, 0.25) is 5.28 Å². The zero-order valence-electron chi connectivity index (χ0n) is 9.24. The molecule has 0 N–H and O–H groups in total. The quantitative estimate of drug-likeness (QED) is 0.590. The summed E-state index contributed by atoms with van der Waals surface area (Å²) < 4.78 is 1.96. The van der Waals surface area contributed by atoms with Gasteiger partial charge < -0.3 is 0 Å². The van der Waals surface area contributed by atoms with E-state index in [4.69, 9.17) is 23.2 Å². The van der Waals surface area contributed by atoms with E-state index < -0.39 is 0 Å². The van der Waals surface area contributed by atoms with Crippen LogP contribution in [0.3, 0.4) is 0 Å². The van der Waals surface area contributed by atoms with E-state index in [0.29, 0.717) is 5.15 Å². The lowest BCUT2D eigenvalue weighted by Gasteiger charge is -2.17. The van der Waals surface area contributed by atoms with E-state index in [1.807, 2.05) is 10.7 Å². The van der Waals surface area contributed by atoms with Gasteiger partial charge in [0.05, 0.1) is 17.1 Å². The maximum atomic E-state index is 6.09. The lowest BCUT2D eigenvalue weighted by Crippen LogP contribution is -2.14. The van der Waals surface area contributed by atoms with Gasteiger partial charge in [-0.1, -0.05) is 18.5 Å². The molecular formula is C11H10Cl2N4. The van der Waals surface area contributed by atoms with Gasteiger partial charge in [-0.3, -0.25) is 4.68 Å². The van der Waals surface area contributed by atoms with Crippen molar-refractivity contribution in [2.75, 3.05) is 0 Å². The monoisotopic (exact) mass is 268 g/mol. The second-order valence-electron chi connectivity index (χ2n) is 3.96. The molecule has 88 valence electrons. The first-order valence-electron chi connectivity index (χ1n) is 5.48. The molecule has 1 aliphatic heterocycles. The summed E-state index contributed by atoms with van der Waals surface area (Å²) in [5.74, 6) is 0. The summed E-state index contributed by atoms with van der Waals surface area (Å²) in [6.07, 6.45) is 1.70. The average molecular weight is 269 g/mol. The molecule has 0 saturated heterocycles. The number of aryl methyl sites for hydroxylation is 2. The van der Waals surface area contributed by atoms with Crippen molar-refractivity contribution in [1.82, 2.24) is 19.7 Å². The molecule has 2 aromatic rings. The third-order valence-corrected chi connectivity index (χ3v) is 3.42. The highest BCUT2D eigenvalue weighted by Crippen LogP contribution is 2.32. The fourth-order valence-electron chi connectivity index (χ4n) is 2.09. The molecule has 2 aromatic heterocycles. The summed E-state index contributed by atoms with van der Waals surface area (Å²) in [4.78, 5) is 8.25. The molecule has 0 aromatic carbocycles. The van der Waals surface area contributed by atoms with Crippen molar-refractivity contribution in [3.05, 3.63) is 27.8 Å². The molecule has 3 rings (SSSR count). The van der Waals surface area contributed by atoms with Crippen molar-refractivity contribution >= 4 is 23.2 Å². The van der Waals surface area contributed by atoms with Crippen LogP contribution in [0.5, 0.6) is 0 Å². The number of aromatic nitrogens is 4. The van der Waals surface area contributed by atoms with Gasteiger partial charge in [-0.05, 0) is 30.5 Å². The number of halogens is 2. The molecule has 3 heterocycles. The van der Waals surface area contributed by atoms with Gasteiger partial charge in [0, 0.05) is 12.1 Å². The molecule has 0 spiro atoms. The number of fused-ring (bicyclic) bond motifs is 3. The fourth-order valence-corrected chi connectivity index (χ4v) is 2.56. The Kier molecular flexibility index (Phi) is 2.56. The van der Waals surface area contributed by atoms with Crippen LogP contribution in [0.1, 0.15) is 18.2 Å². The fraction of sp³-hybridized carbons (Fsp3) is 0.364. The lowest BCUT2D eigenvalue weighted by atomic mass is 10.1. The van der Waals surface area contributed by atoms with Gasteiger partial charge >= 0.3 is 0 Å². The Morgan fingerprint density at radius 2 is 2.18 bits per heavy atom. The standard InChI is InChI=1S/C11H10Cl2N4/c1-2-6-5-8-9-7(3-4-17(8)16-6)10(12)15-11(13)14-9/h5H,2-4H2,1H3. The highest BCUT2D eigenvalue weighted by molar-refractivity contribution is 6.32. The Labute approximate surface area is 109 Å². The van der Waals surface area contributed by atoms with E-state index >= 15 is 0 Å². The van der Waals surface area contributed by atoms with Crippen molar-refractivity contribution in [2.24, 2.45) is 0 Å². The Hall–Kier alpha value is -1.13. The molecule has 4 nitrogen and oxygen atoms in total. The molecule has 6 heteroatoms. The maximum Gasteiger partial charge on any atom is 0.224 e. The highest BCUT2D eigenvalue weighted by atomic mass is 35.5. The van der Waals surface area contributed by atoms with E-state index in [9.17, 15) is 0 Å². The second kappa shape index (κ2) is 3.96. The van der Waals surface area contributed by atoms with Gasteiger partial charge in [-0.2, -0.15) is 5.10 Å². The summed E-state index contributed by atoms with van der Waals surface area (Å²) in [6, 6.07) is 2.04. The highest BCUT2D eigenvalue weighted by Gasteiger charge is 2.23. The van der Waals surface area contributed by atoms with Crippen molar-refractivity contribution in [1.29, 1.82) is 0 Å². The number of hydrogen-bond donors (Lipinski definition) is 0. The van der Waals surface area contributed by atoms with Crippen LogP contribution in [-0.4, -0.2) is 19.7 Å².